The van der Waals surface area contributed by atoms with Gasteiger partial charge in [0.1, 0.15) is 5.75 Å². The number of sulfonamides is 1. The first kappa shape index (κ1) is 21.9. The van der Waals surface area contributed by atoms with E-state index in [1.165, 1.54) is 12.1 Å². The molecule has 0 unspecified atom stereocenters. The molecule has 1 atom stereocenters. The highest BCUT2D eigenvalue weighted by Crippen LogP contribution is 2.26. The van der Waals surface area contributed by atoms with E-state index in [2.05, 4.69) is 10.0 Å². The molecule has 0 heterocycles. The van der Waals surface area contributed by atoms with Crippen molar-refractivity contribution in [3.63, 3.8) is 0 Å². The molecule has 0 aliphatic rings. The number of benzene rings is 2. The molecular formula is C21H28N2O4S. The van der Waals surface area contributed by atoms with Crippen LogP contribution in [0.4, 0.5) is 0 Å². The van der Waals surface area contributed by atoms with Gasteiger partial charge in [0.05, 0.1) is 18.0 Å². The molecule has 0 saturated carbocycles. The third kappa shape index (κ3) is 5.56. The zero-order valence-corrected chi connectivity index (χ0v) is 18.0. The Balaban J connectivity index is 2.25. The molecule has 0 fully saturated rings. The van der Waals surface area contributed by atoms with Crippen LogP contribution in [-0.2, 0) is 10.0 Å². The smallest absolute Gasteiger partial charge is 0.251 e. The van der Waals surface area contributed by atoms with Crippen LogP contribution in [0.25, 0.3) is 0 Å². The molecular weight excluding hydrogens is 376 g/mol. The molecule has 0 bridgehead atoms. The van der Waals surface area contributed by atoms with E-state index in [0.717, 1.165) is 11.1 Å². The van der Waals surface area contributed by atoms with Gasteiger partial charge in [-0.05, 0) is 58.9 Å². The SMILES string of the molecule is COc1ccc(C)cc1[C@@H](C)NC(=O)c1cccc(S(=O)(=O)NC(C)(C)C)c1. The normalized spacial score (nSPS) is 13.1. The minimum Gasteiger partial charge on any atom is -0.496 e. The van der Waals surface area contributed by atoms with Gasteiger partial charge in [-0.1, -0.05) is 23.8 Å². The van der Waals surface area contributed by atoms with E-state index in [1.807, 2.05) is 32.0 Å². The molecule has 1 amide bonds. The second kappa shape index (κ2) is 8.32. The van der Waals surface area contributed by atoms with Crippen molar-refractivity contribution in [1.82, 2.24) is 10.0 Å². The van der Waals surface area contributed by atoms with Gasteiger partial charge in [0, 0.05) is 16.7 Å². The van der Waals surface area contributed by atoms with Gasteiger partial charge in [0.2, 0.25) is 10.0 Å². The van der Waals surface area contributed by atoms with Gasteiger partial charge in [-0.25, -0.2) is 13.1 Å². The lowest BCUT2D eigenvalue weighted by Gasteiger charge is -2.21. The first-order chi connectivity index (χ1) is 12.9. The van der Waals surface area contributed by atoms with E-state index >= 15 is 0 Å². The Morgan fingerprint density at radius 3 is 2.39 bits per heavy atom. The predicted octanol–water partition coefficient (Wildman–Crippen LogP) is 3.57. The molecule has 0 radical (unpaired) electrons. The number of aryl methyl sites for hydroxylation is 1. The number of nitrogens with one attached hydrogen (secondary N) is 2. The highest BCUT2D eigenvalue weighted by atomic mass is 32.2. The van der Waals surface area contributed by atoms with E-state index in [4.69, 9.17) is 4.74 Å². The van der Waals surface area contributed by atoms with Crippen LogP contribution in [0.5, 0.6) is 5.75 Å². The average Bonchev–Trinajstić information content (AvgIpc) is 2.59. The molecule has 2 N–H and O–H groups in total. The maximum Gasteiger partial charge on any atom is 0.251 e. The van der Waals surface area contributed by atoms with E-state index in [0.29, 0.717) is 5.75 Å². The van der Waals surface area contributed by atoms with Crippen molar-refractivity contribution < 1.29 is 17.9 Å². The fourth-order valence-electron chi connectivity index (χ4n) is 2.82. The van der Waals surface area contributed by atoms with Crippen molar-refractivity contribution in [3.8, 4) is 5.75 Å². The second-order valence-corrected chi connectivity index (χ2v) is 9.51. The van der Waals surface area contributed by atoms with Gasteiger partial charge in [0.15, 0.2) is 0 Å². The highest BCUT2D eigenvalue weighted by Gasteiger charge is 2.23. The number of hydrogen-bond donors (Lipinski definition) is 2. The summed E-state index contributed by atoms with van der Waals surface area (Å²) in [6.07, 6.45) is 0. The lowest BCUT2D eigenvalue weighted by molar-refractivity contribution is 0.0939. The fourth-order valence-corrected chi connectivity index (χ4v) is 4.28. The van der Waals surface area contributed by atoms with Crippen LogP contribution in [-0.4, -0.2) is 27.0 Å². The van der Waals surface area contributed by atoms with Crippen LogP contribution < -0.4 is 14.8 Å². The standard InChI is InChI=1S/C21H28N2O4S/c1-14-10-11-19(27-6)18(12-14)15(2)22-20(24)16-8-7-9-17(13-16)28(25,26)23-21(3,4)5/h7-13,15,23H,1-6H3,(H,22,24)/t15-/m1/s1. The van der Waals surface area contributed by atoms with Crippen LogP contribution in [0, 0.1) is 6.92 Å². The Bertz CT molecular complexity index is 963. The Labute approximate surface area is 167 Å². The summed E-state index contributed by atoms with van der Waals surface area (Å²) < 4.78 is 33.0. The summed E-state index contributed by atoms with van der Waals surface area (Å²) in [5.41, 5.74) is 1.57. The number of ether oxygens (including phenoxy) is 1. The van der Waals surface area contributed by atoms with Crippen molar-refractivity contribution in [2.75, 3.05) is 7.11 Å². The number of carbonyl (C=O) groups excluding carboxylic acids is 1. The number of hydrogen-bond acceptors (Lipinski definition) is 4. The summed E-state index contributed by atoms with van der Waals surface area (Å²) in [6, 6.07) is 11.4. The molecule has 152 valence electrons. The fraction of sp³-hybridized carbons (Fsp3) is 0.381. The first-order valence-electron chi connectivity index (χ1n) is 9.02. The quantitative estimate of drug-likeness (QED) is 0.771. The van der Waals surface area contributed by atoms with E-state index in [-0.39, 0.29) is 22.4 Å². The van der Waals surface area contributed by atoms with Crippen molar-refractivity contribution in [1.29, 1.82) is 0 Å². The number of carbonyl (C=O) groups is 1. The molecule has 2 aromatic carbocycles. The summed E-state index contributed by atoms with van der Waals surface area (Å²) in [4.78, 5) is 12.8. The lowest BCUT2D eigenvalue weighted by atomic mass is 10.0. The van der Waals surface area contributed by atoms with Gasteiger partial charge >= 0.3 is 0 Å². The number of amides is 1. The summed E-state index contributed by atoms with van der Waals surface area (Å²) >= 11 is 0. The average molecular weight is 405 g/mol. The molecule has 0 spiro atoms. The molecule has 2 aromatic rings. The molecule has 0 aliphatic heterocycles. The van der Waals surface area contributed by atoms with Crippen molar-refractivity contribution in [3.05, 3.63) is 59.2 Å². The zero-order chi connectivity index (χ0) is 21.1. The van der Waals surface area contributed by atoms with Crippen LogP contribution >= 0.6 is 0 Å². The van der Waals surface area contributed by atoms with E-state index in [9.17, 15) is 13.2 Å². The van der Waals surface area contributed by atoms with Crippen molar-refractivity contribution in [2.45, 2.75) is 51.1 Å². The minimum atomic E-state index is -3.72. The van der Waals surface area contributed by atoms with Gasteiger partial charge in [-0.2, -0.15) is 0 Å². The minimum absolute atomic E-state index is 0.0517. The van der Waals surface area contributed by atoms with Gasteiger partial charge < -0.3 is 10.1 Å². The summed E-state index contributed by atoms with van der Waals surface area (Å²) in [6.45, 7) is 9.11. The van der Waals surface area contributed by atoms with E-state index in [1.54, 1.807) is 40.0 Å². The second-order valence-electron chi connectivity index (χ2n) is 7.82. The molecule has 0 aliphatic carbocycles. The summed E-state index contributed by atoms with van der Waals surface area (Å²) in [5, 5.41) is 2.91. The number of rotatable bonds is 6. The third-order valence-electron chi connectivity index (χ3n) is 4.05. The Morgan fingerprint density at radius 2 is 1.79 bits per heavy atom. The third-order valence-corrected chi connectivity index (χ3v) is 5.80. The number of methoxy groups -OCH3 is 1. The van der Waals surface area contributed by atoms with Crippen LogP contribution in [0.1, 0.15) is 55.2 Å². The lowest BCUT2D eigenvalue weighted by Crippen LogP contribution is -2.40. The van der Waals surface area contributed by atoms with Crippen LogP contribution in [0.15, 0.2) is 47.4 Å². The van der Waals surface area contributed by atoms with Gasteiger partial charge in [-0.3, -0.25) is 4.79 Å². The largest absolute Gasteiger partial charge is 0.496 e. The predicted molar refractivity (Wildman–Crippen MR) is 110 cm³/mol. The zero-order valence-electron chi connectivity index (χ0n) is 17.2. The topological polar surface area (TPSA) is 84.5 Å². The summed E-state index contributed by atoms with van der Waals surface area (Å²) in [5.74, 6) is 0.327. The maximum atomic E-state index is 12.7. The Morgan fingerprint density at radius 1 is 1.11 bits per heavy atom. The first-order valence-corrected chi connectivity index (χ1v) is 10.5. The Hall–Kier alpha value is -2.38. The van der Waals surface area contributed by atoms with Gasteiger partial charge in [0.25, 0.3) is 5.91 Å². The van der Waals surface area contributed by atoms with Crippen LogP contribution in [0.3, 0.4) is 0 Å². The maximum absolute atomic E-state index is 12.7. The van der Waals surface area contributed by atoms with Crippen molar-refractivity contribution in [2.24, 2.45) is 0 Å². The highest BCUT2D eigenvalue weighted by molar-refractivity contribution is 7.89. The molecule has 6 nitrogen and oxygen atoms in total. The van der Waals surface area contributed by atoms with Crippen molar-refractivity contribution >= 4 is 15.9 Å². The molecule has 28 heavy (non-hydrogen) atoms. The summed E-state index contributed by atoms with van der Waals surface area (Å²) in [7, 11) is -2.14. The molecule has 0 aromatic heterocycles. The Kier molecular flexibility index (Phi) is 6.52. The van der Waals surface area contributed by atoms with Crippen LogP contribution in [0.2, 0.25) is 0 Å². The molecule has 0 saturated heterocycles. The monoisotopic (exact) mass is 404 g/mol. The van der Waals surface area contributed by atoms with Gasteiger partial charge in [-0.15, -0.1) is 0 Å². The molecule has 2 rings (SSSR count). The molecule has 7 heteroatoms. The van der Waals surface area contributed by atoms with E-state index < -0.39 is 15.6 Å².